The maximum Gasteiger partial charge on any atom is 0.222 e. The second-order valence-corrected chi connectivity index (χ2v) is 10.3. The SMILES string of the molecule is CCN(CCO)C(=O)CCC/C=C\C[C@H]1C=CC(=O)[C@@H]1/C=C/[C@@H](COc1cccc(Cl)c1)OC1CCCCO1. The van der Waals surface area contributed by atoms with Crippen molar-refractivity contribution >= 4 is 23.3 Å². The first-order valence-electron chi connectivity index (χ1n) is 14.1. The molecule has 214 valence electrons. The van der Waals surface area contributed by atoms with Crippen LogP contribution in [0.15, 0.2) is 60.7 Å². The molecule has 0 aromatic heterocycles. The van der Waals surface area contributed by atoms with E-state index in [4.69, 9.17) is 30.9 Å². The molecule has 1 amide bonds. The highest BCUT2D eigenvalue weighted by atomic mass is 35.5. The van der Waals surface area contributed by atoms with Crippen LogP contribution in [0.25, 0.3) is 0 Å². The van der Waals surface area contributed by atoms with Gasteiger partial charge in [0.1, 0.15) is 18.5 Å². The number of hydrogen-bond donors (Lipinski definition) is 1. The molecular weight excluding hydrogens is 518 g/mol. The van der Waals surface area contributed by atoms with Gasteiger partial charge in [0.15, 0.2) is 12.1 Å². The fraction of sp³-hybridized carbons (Fsp3) is 0.548. The van der Waals surface area contributed by atoms with E-state index in [9.17, 15) is 9.59 Å². The number of nitrogens with zero attached hydrogens (tertiary/aromatic N) is 1. The van der Waals surface area contributed by atoms with Crippen molar-refractivity contribution in [3.63, 3.8) is 0 Å². The highest BCUT2D eigenvalue weighted by Crippen LogP contribution is 2.28. The molecular formula is C31H42ClNO6. The van der Waals surface area contributed by atoms with Crippen LogP contribution in [0.2, 0.25) is 5.02 Å². The number of aliphatic hydroxyl groups is 1. The summed E-state index contributed by atoms with van der Waals surface area (Å²) in [5.41, 5.74) is 0. The molecule has 1 heterocycles. The Bertz CT molecular complexity index is 987. The number of rotatable bonds is 16. The van der Waals surface area contributed by atoms with Crippen LogP contribution >= 0.6 is 11.6 Å². The van der Waals surface area contributed by atoms with Crippen LogP contribution in [0, 0.1) is 11.8 Å². The Morgan fingerprint density at radius 3 is 2.92 bits per heavy atom. The summed E-state index contributed by atoms with van der Waals surface area (Å²) in [7, 11) is 0. The lowest BCUT2D eigenvalue weighted by molar-refractivity contribution is -0.182. The minimum absolute atomic E-state index is 0.0150. The molecule has 1 unspecified atom stereocenters. The fourth-order valence-electron chi connectivity index (χ4n) is 4.74. The lowest BCUT2D eigenvalue weighted by Gasteiger charge is -2.26. The topological polar surface area (TPSA) is 85.3 Å². The zero-order chi connectivity index (χ0) is 27.9. The first kappa shape index (κ1) is 31.1. The zero-order valence-corrected chi connectivity index (χ0v) is 23.6. The van der Waals surface area contributed by atoms with Crippen molar-refractivity contribution in [3.8, 4) is 5.75 Å². The molecule has 1 aliphatic carbocycles. The number of unbranched alkanes of at least 4 members (excludes halogenated alkanes) is 1. The molecule has 1 fully saturated rings. The Kier molecular flexibility index (Phi) is 13.8. The number of carbonyl (C=O) groups is 2. The van der Waals surface area contributed by atoms with Crippen LogP contribution in [0.4, 0.5) is 0 Å². The van der Waals surface area contributed by atoms with Crippen molar-refractivity contribution in [1.82, 2.24) is 4.90 Å². The minimum atomic E-state index is -0.372. The molecule has 0 spiro atoms. The Labute approximate surface area is 237 Å². The van der Waals surface area contributed by atoms with Crippen LogP contribution in [0.3, 0.4) is 0 Å². The third-order valence-electron chi connectivity index (χ3n) is 6.95. The van der Waals surface area contributed by atoms with Gasteiger partial charge in [-0.25, -0.2) is 0 Å². The highest BCUT2D eigenvalue weighted by molar-refractivity contribution is 6.30. The summed E-state index contributed by atoms with van der Waals surface area (Å²) in [4.78, 5) is 26.5. The van der Waals surface area contributed by atoms with Gasteiger partial charge in [-0.2, -0.15) is 0 Å². The number of benzene rings is 1. The zero-order valence-electron chi connectivity index (χ0n) is 22.9. The summed E-state index contributed by atoms with van der Waals surface area (Å²) < 4.78 is 17.9. The van der Waals surface area contributed by atoms with E-state index in [1.54, 1.807) is 23.1 Å². The van der Waals surface area contributed by atoms with E-state index in [2.05, 4.69) is 12.2 Å². The number of ketones is 1. The van der Waals surface area contributed by atoms with Gasteiger partial charge >= 0.3 is 0 Å². The standard InChI is InChI=1S/C31H42ClNO6/c1-2-33(19-20-34)30(36)13-6-4-3-5-10-24-15-18-29(35)28(24)17-16-27(39-31-14-7-8-21-37-31)23-38-26-12-9-11-25(32)22-26/h3,5,9,11-12,15-18,22,24,27-28,31,34H,2,4,6-8,10,13-14,19-21,23H2,1H3/b5-3-,17-16+/t24-,27-,28+,31?/m0/s1. The molecule has 1 aliphatic heterocycles. The van der Waals surface area contributed by atoms with Crippen molar-refractivity contribution < 1.29 is 28.9 Å². The summed E-state index contributed by atoms with van der Waals surface area (Å²) in [5.74, 6) is 0.643. The molecule has 39 heavy (non-hydrogen) atoms. The average molecular weight is 560 g/mol. The molecule has 0 saturated carbocycles. The third-order valence-corrected chi connectivity index (χ3v) is 7.18. The van der Waals surface area contributed by atoms with Gasteiger partial charge in [0.25, 0.3) is 0 Å². The van der Waals surface area contributed by atoms with Crippen LogP contribution in [-0.4, -0.2) is 67.0 Å². The lowest BCUT2D eigenvalue weighted by Crippen LogP contribution is -2.33. The number of hydrogen-bond acceptors (Lipinski definition) is 6. The van der Waals surface area contributed by atoms with Gasteiger partial charge in [-0.15, -0.1) is 0 Å². The van der Waals surface area contributed by atoms with E-state index in [1.807, 2.05) is 37.3 Å². The van der Waals surface area contributed by atoms with Gasteiger partial charge in [0.05, 0.1) is 6.61 Å². The molecule has 3 rings (SSSR count). The summed E-state index contributed by atoms with van der Waals surface area (Å²) in [6.45, 7) is 3.86. The maximum absolute atomic E-state index is 12.6. The Hall–Kier alpha value is -2.45. The molecule has 2 aliphatic rings. The molecule has 0 bridgehead atoms. The fourth-order valence-corrected chi connectivity index (χ4v) is 4.92. The number of likely N-dealkylation sites (N-methyl/N-ethyl adjacent to an activating group) is 1. The first-order valence-corrected chi connectivity index (χ1v) is 14.5. The second-order valence-electron chi connectivity index (χ2n) is 9.87. The normalized spacial score (nSPS) is 22.1. The van der Waals surface area contributed by atoms with Gasteiger partial charge in [0, 0.05) is 37.1 Å². The van der Waals surface area contributed by atoms with Crippen molar-refractivity contribution in [3.05, 3.63) is 65.7 Å². The van der Waals surface area contributed by atoms with Crippen LogP contribution in [-0.2, 0) is 19.1 Å². The highest BCUT2D eigenvalue weighted by Gasteiger charge is 2.28. The van der Waals surface area contributed by atoms with Crippen molar-refractivity contribution in [2.45, 2.75) is 64.3 Å². The number of allylic oxidation sites excluding steroid dienone is 5. The summed E-state index contributed by atoms with van der Waals surface area (Å²) in [6.07, 6.45) is 16.7. The van der Waals surface area contributed by atoms with Crippen LogP contribution in [0.1, 0.15) is 51.9 Å². The number of amides is 1. The van der Waals surface area contributed by atoms with Gasteiger partial charge in [-0.1, -0.05) is 48.0 Å². The van der Waals surface area contributed by atoms with Gasteiger partial charge < -0.3 is 24.2 Å². The van der Waals surface area contributed by atoms with Crippen molar-refractivity contribution in [2.24, 2.45) is 11.8 Å². The van der Waals surface area contributed by atoms with E-state index in [1.165, 1.54) is 0 Å². The molecule has 0 radical (unpaired) electrons. The van der Waals surface area contributed by atoms with E-state index in [0.29, 0.717) is 36.9 Å². The predicted octanol–water partition coefficient (Wildman–Crippen LogP) is 5.52. The number of aliphatic hydroxyl groups excluding tert-OH is 1. The van der Waals surface area contributed by atoms with E-state index >= 15 is 0 Å². The molecule has 1 aromatic carbocycles. The second kappa shape index (κ2) is 17.3. The molecule has 4 atom stereocenters. The maximum atomic E-state index is 12.6. The van der Waals surface area contributed by atoms with Crippen LogP contribution in [0.5, 0.6) is 5.75 Å². The Morgan fingerprint density at radius 2 is 2.18 bits per heavy atom. The lowest BCUT2D eigenvalue weighted by atomic mass is 9.91. The molecule has 1 N–H and O–H groups in total. The number of ether oxygens (including phenoxy) is 3. The molecule has 1 saturated heterocycles. The minimum Gasteiger partial charge on any atom is -0.490 e. The average Bonchev–Trinajstić information content (AvgIpc) is 3.29. The van der Waals surface area contributed by atoms with Crippen LogP contribution < -0.4 is 4.74 Å². The Balaban J connectivity index is 1.51. The molecule has 8 heteroatoms. The first-order chi connectivity index (χ1) is 19.0. The van der Waals surface area contributed by atoms with Crippen molar-refractivity contribution in [1.29, 1.82) is 0 Å². The number of halogens is 1. The molecule has 7 nitrogen and oxygen atoms in total. The number of carbonyl (C=O) groups excluding carboxylic acids is 2. The van der Waals surface area contributed by atoms with E-state index < -0.39 is 0 Å². The predicted molar refractivity (Wildman–Crippen MR) is 153 cm³/mol. The largest absolute Gasteiger partial charge is 0.490 e. The van der Waals surface area contributed by atoms with Crippen molar-refractivity contribution in [2.75, 3.05) is 32.9 Å². The summed E-state index contributed by atoms with van der Waals surface area (Å²) >= 11 is 6.09. The molecule has 1 aromatic rings. The Morgan fingerprint density at radius 1 is 1.31 bits per heavy atom. The third kappa shape index (κ3) is 10.9. The summed E-state index contributed by atoms with van der Waals surface area (Å²) in [5, 5.41) is 9.67. The van der Waals surface area contributed by atoms with E-state index in [-0.39, 0.29) is 49.1 Å². The van der Waals surface area contributed by atoms with E-state index in [0.717, 1.165) is 38.5 Å². The van der Waals surface area contributed by atoms with Gasteiger partial charge in [-0.3, -0.25) is 9.59 Å². The van der Waals surface area contributed by atoms with Gasteiger partial charge in [-0.05, 0) is 75.6 Å². The quantitative estimate of drug-likeness (QED) is 0.212. The summed E-state index contributed by atoms with van der Waals surface area (Å²) in [6, 6.07) is 7.24. The van der Waals surface area contributed by atoms with Gasteiger partial charge in [0.2, 0.25) is 5.91 Å². The smallest absolute Gasteiger partial charge is 0.222 e. The monoisotopic (exact) mass is 559 g/mol.